The fourth-order valence-corrected chi connectivity index (χ4v) is 2.87. The molecule has 1 saturated heterocycles. The molecule has 110 valence electrons. The van der Waals surface area contributed by atoms with Gasteiger partial charge < -0.3 is 4.90 Å². The summed E-state index contributed by atoms with van der Waals surface area (Å²) < 4.78 is 0. The Morgan fingerprint density at radius 1 is 1.20 bits per heavy atom. The Hall–Kier alpha value is -1.31. The van der Waals surface area contributed by atoms with Crippen LogP contribution in [0.1, 0.15) is 58.1 Å². The van der Waals surface area contributed by atoms with Crippen molar-refractivity contribution in [1.82, 2.24) is 4.90 Å². The molecule has 0 bridgehead atoms. The maximum absolute atomic E-state index is 12.4. The molecule has 2 rings (SSSR count). The van der Waals surface area contributed by atoms with E-state index in [4.69, 9.17) is 0 Å². The number of carbonyl (C=O) groups is 1. The first-order chi connectivity index (χ1) is 9.38. The molecule has 20 heavy (non-hydrogen) atoms. The summed E-state index contributed by atoms with van der Waals surface area (Å²) in [6.45, 7) is 9.73. The molecule has 1 aliphatic rings. The Kier molecular flexibility index (Phi) is 4.52. The highest BCUT2D eigenvalue weighted by Crippen LogP contribution is 2.23. The standard InChI is InChI=1S/C18H27NO/c1-14-7-5-6-12-19(14)17(20)13-15-8-10-16(11-9-15)18(2,3)4/h8-11,14H,5-7,12-13H2,1-4H3/t14-/m0/s1. The van der Waals surface area contributed by atoms with Gasteiger partial charge in [-0.05, 0) is 42.7 Å². The monoisotopic (exact) mass is 273 g/mol. The van der Waals surface area contributed by atoms with Crippen LogP contribution in [-0.2, 0) is 16.6 Å². The third kappa shape index (κ3) is 3.62. The third-order valence-electron chi connectivity index (χ3n) is 4.30. The van der Waals surface area contributed by atoms with E-state index in [-0.39, 0.29) is 11.3 Å². The van der Waals surface area contributed by atoms with E-state index in [0.29, 0.717) is 12.5 Å². The predicted octanol–water partition coefficient (Wildman–Crippen LogP) is 3.93. The minimum Gasteiger partial charge on any atom is -0.340 e. The predicted molar refractivity (Wildman–Crippen MR) is 83.9 cm³/mol. The van der Waals surface area contributed by atoms with Gasteiger partial charge in [0.25, 0.3) is 0 Å². The van der Waals surface area contributed by atoms with Crippen LogP contribution >= 0.6 is 0 Å². The van der Waals surface area contributed by atoms with Crippen molar-refractivity contribution in [3.05, 3.63) is 35.4 Å². The molecule has 0 saturated carbocycles. The summed E-state index contributed by atoms with van der Waals surface area (Å²) in [5.41, 5.74) is 2.62. The van der Waals surface area contributed by atoms with Gasteiger partial charge in [-0.1, -0.05) is 45.0 Å². The number of hydrogen-bond donors (Lipinski definition) is 0. The van der Waals surface area contributed by atoms with E-state index in [9.17, 15) is 4.79 Å². The first-order valence-electron chi connectivity index (χ1n) is 7.77. The van der Waals surface area contributed by atoms with Crippen LogP contribution in [0.2, 0.25) is 0 Å². The van der Waals surface area contributed by atoms with Crippen LogP contribution in [0.4, 0.5) is 0 Å². The van der Waals surface area contributed by atoms with Crippen LogP contribution < -0.4 is 0 Å². The number of likely N-dealkylation sites (tertiary alicyclic amines) is 1. The van der Waals surface area contributed by atoms with E-state index in [1.807, 2.05) is 0 Å². The van der Waals surface area contributed by atoms with Crippen molar-refractivity contribution in [2.75, 3.05) is 6.54 Å². The van der Waals surface area contributed by atoms with Crippen molar-refractivity contribution in [3.8, 4) is 0 Å². The smallest absolute Gasteiger partial charge is 0.227 e. The van der Waals surface area contributed by atoms with Gasteiger partial charge in [0.1, 0.15) is 0 Å². The number of hydrogen-bond acceptors (Lipinski definition) is 1. The Morgan fingerprint density at radius 3 is 2.40 bits per heavy atom. The normalized spacial score (nSPS) is 20.0. The number of piperidine rings is 1. The van der Waals surface area contributed by atoms with Gasteiger partial charge in [0, 0.05) is 12.6 Å². The molecule has 1 aromatic rings. The number of nitrogens with zero attached hydrogens (tertiary/aromatic N) is 1. The van der Waals surface area contributed by atoms with E-state index in [0.717, 1.165) is 24.9 Å². The number of benzene rings is 1. The van der Waals surface area contributed by atoms with E-state index in [1.54, 1.807) is 0 Å². The van der Waals surface area contributed by atoms with Crippen molar-refractivity contribution in [3.63, 3.8) is 0 Å². The van der Waals surface area contributed by atoms with Gasteiger partial charge in [0.2, 0.25) is 5.91 Å². The lowest BCUT2D eigenvalue weighted by molar-refractivity contribution is -0.133. The van der Waals surface area contributed by atoms with E-state index < -0.39 is 0 Å². The van der Waals surface area contributed by atoms with Crippen LogP contribution in [0.25, 0.3) is 0 Å². The van der Waals surface area contributed by atoms with Crippen molar-refractivity contribution in [2.45, 2.75) is 64.8 Å². The molecule has 1 aromatic carbocycles. The van der Waals surface area contributed by atoms with Gasteiger partial charge in [-0.15, -0.1) is 0 Å². The summed E-state index contributed by atoms with van der Waals surface area (Å²) in [6.07, 6.45) is 4.09. The maximum atomic E-state index is 12.4. The average molecular weight is 273 g/mol. The molecule has 0 radical (unpaired) electrons. The fraction of sp³-hybridized carbons (Fsp3) is 0.611. The van der Waals surface area contributed by atoms with Gasteiger partial charge in [0.15, 0.2) is 0 Å². The molecule has 0 spiro atoms. The summed E-state index contributed by atoms with van der Waals surface area (Å²) >= 11 is 0. The topological polar surface area (TPSA) is 20.3 Å². The Bertz CT molecular complexity index is 455. The zero-order valence-corrected chi connectivity index (χ0v) is 13.3. The summed E-state index contributed by atoms with van der Waals surface area (Å²) in [4.78, 5) is 14.4. The first-order valence-corrected chi connectivity index (χ1v) is 7.77. The molecule has 1 fully saturated rings. The quantitative estimate of drug-likeness (QED) is 0.799. The average Bonchev–Trinajstić information content (AvgIpc) is 2.38. The second-order valence-electron chi connectivity index (χ2n) is 7.06. The molecule has 0 aliphatic carbocycles. The highest BCUT2D eigenvalue weighted by atomic mass is 16.2. The molecule has 2 heteroatoms. The highest BCUT2D eigenvalue weighted by Gasteiger charge is 2.23. The SMILES string of the molecule is C[C@H]1CCCCN1C(=O)Cc1ccc(C(C)(C)C)cc1. The molecule has 0 aromatic heterocycles. The molecule has 1 amide bonds. The fourth-order valence-electron chi connectivity index (χ4n) is 2.87. The third-order valence-corrected chi connectivity index (χ3v) is 4.30. The van der Waals surface area contributed by atoms with Crippen molar-refractivity contribution in [2.24, 2.45) is 0 Å². The van der Waals surface area contributed by atoms with Crippen LogP contribution in [0.3, 0.4) is 0 Å². The van der Waals surface area contributed by atoms with Crippen molar-refractivity contribution in [1.29, 1.82) is 0 Å². The van der Waals surface area contributed by atoms with E-state index >= 15 is 0 Å². The lowest BCUT2D eigenvalue weighted by Crippen LogP contribution is -2.42. The van der Waals surface area contributed by atoms with E-state index in [2.05, 4.69) is 56.9 Å². The highest BCUT2D eigenvalue weighted by molar-refractivity contribution is 5.79. The van der Waals surface area contributed by atoms with Crippen molar-refractivity contribution >= 4 is 5.91 Å². The Morgan fingerprint density at radius 2 is 1.85 bits per heavy atom. The molecular formula is C18H27NO. The molecule has 0 N–H and O–H groups in total. The van der Waals surface area contributed by atoms with Gasteiger partial charge in [-0.25, -0.2) is 0 Å². The number of carbonyl (C=O) groups excluding carboxylic acids is 1. The van der Waals surface area contributed by atoms with Gasteiger partial charge in [-0.2, -0.15) is 0 Å². The largest absolute Gasteiger partial charge is 0.340 e. The minimum absolute atomic E-state index is 0.171. The van der Waals surface area contributed by atoms with Gasteiger partial charge in [-0.3, -0.25) is 4.79 Å². The lowest BCUT2D eigenvalue weighted by Gasteiger charge is -2.33. The zero-order chi connectivity index (χ0) is 14.8. The maximum Gasteiger partial charge on any atom is 0.227 e. The van der Waals surface area contributed by atoms with Crippen LogP contribution in [0, 0.1) is 0 Å². The molecule has 1 heterocycles. The summed E-state index contributed by atoms with van der Waals surface area (Å²) in [5.74, 6) is 0.278. The molecule has 0 unspecified atom stereocenters. The van der Waals surface area contributed by atoms with Crippen LogP contribution in [0.15, 0.2) is 24.3 Å². The van der Waals surface area contributed by atoms with Crippen LogP contribution in [0.5, 0.6) is 0 Å². The van der Waals surface area contributed by atoms with Crippen LogP contribution in [-0.4, -0.2) is 23.4 Å². The van der Waals surface area contributed by atoms with E-state index in [1.165, 1.54) is 12.0 Å². The van der Waals surface area contributed by atoms with Gasteiger partial charge >= 0.3 is 0 Å². The number of rotatable bonds is 2. The summed E-state index contributed by atoms with van der Waals surface area (Å²) in [5, 5.41) is 0. The number of amides is 1. The second-order valence-corrected chi connectivity index (χ2v) is 7.06. The summed E-state index contributed by atoms with van der Waals surface area (Å²) in [7, 11) is 0. The summed E-state index contributed by atoms with van der Waals surface area (Å²) in [6, 6.07) is 8.93. The molecule has 1 atom stereocenters. The molecular weight excluding hydrogens is 246 g/mol. The zero-order valence-electron chi connectivity index (χ0n) is 13.3. The Balaban J connectivity index is 2.01. The molecule has 2 nitrogen and oxygen atoms in total. The van der Waals surface area contributed by atoms with Crippen molar-refractivity contribution < 1.29 is 4.79 Å². The van der Waals surface area contributed by atoms with Gasteiger partial charge in [0.05, 0.1) is 6.42 Å². The lowest BCUT2D eigenvalue weighted by atomic mass is 9.86. The Labute approximate surface area is 123 Å². The minimum atomic E-state index is 0.171. The second kappa shape index (κ2) is 5.99. The molecule has 1 aliphatic heterocycles. The first kappa shape index (κ1) is 15.1.